The van der Waals surface area contributed by atoms with Gasteiger partial charge in [-0.05, 0) is 24.6 Å². The third-order valence-corrected chi connectivity index (χ3v) is 3.43. The number of hydrogen-bond acceptors (Lipinski definition) is 4. The number of aromatic nitrogens is 1. The van der Waals surface area contributed by atoms with Gasteiger partial charge >= 0.3 is 0 Å². The van der Waals surface area contributed by atoms with E-state index in [4.69, 9.17) is 5.73 Å². The predicted molar refractivity (Wildman–Crippen MR) is 73.2 cm³/mol. The first-order chi connectivity index (χ1) is 8.58. The second-order valence-electron chi connectivity index (χ2n) is 4.34. The van der Waals surface area contributed by atoms with Crippen LogP contribution in [-0.2, 0) is 6.54 Å². The van der Waals surface area contributed by atoms with E-state index in [-0.39, 0.29) is 11.9 Å². The molecule has 1 aromatic heterocycles. The van der Waals surface area contributed by atoms with Gasteiger partial charge in [0.15, 0.2) is 0 Å². The average Bonchev–Trinajstić information content (AvgIpc) is 2.81. The van der Waals surface area contributed by atoms with E-state index in [9.17, 15) is 4.39 Å². The van der Waals surface area contributed by atoms with Crippen LogP contribution in [0.4, 0.5) is 10.1 Å². The maximum atomic E-state index is 14.0. The van der Waals surface area contributed by atoms with Crippen LogP contribution in [0.25, 0.3) is 0 Å². The van der Waals surface area contributed by atoms with Gasteiger partial charge in [0.2, 0.25) is 0 Å². The molecule has 96 valence electrons. The lowest BCUT2D eigenvalue weighted by Gasteiger charge is -2.19. The largest absolute Gasteiger partial charge is 0.366 e. The van der Waals surface area contributed by atoms with Crippen LogP contribution in [0.15, 0.2) is 29.1 Å². The Balaban J connectivity index is 2.17. The second kappa shape index (κ2) is 5.46. The molecular weight excluding hydrogens is 249 g/mol. The lowest BCUT2D eigenvalue weighted by molar-refractivity contribution is 0.616. The fraction of sp³-hybridized carbons (Fsp3) is 0.308. The minimum absolute atomic E-state index is 0.155. The zero-order chi connectivity index (χ0) is 13.1. The molecule has 1 unspecified atom stereocenters. The molecule has 0 saturated heterocycles. The maximum absolute atomic E-state index is 14.0. The highest BCUT2D eigenvalue weighted by molar-refractivity contribution is 7.07. The van der Waals surface area contributed by atoms with E-state index in [1.165, 1.54) is 17.4 Å². The van der Waals surface area contributed by atoms with Crippen molar-refractivity contribution in [3.05, 3.63) is 46.2 Å². The summed E-state index contributed by atoms with van der Waals surface area (Å²) in [6.45, 7) is 2.44. The summed E-state index contributed by atoms with van der Waals surface area (Å²) >= 11 is 1.54. The average molecular weight is 265 g/mol. The standard InChI is InChI=1S/C13H16FN3S/c1-9(15)10-3-4-13(12(14)5-10)17(2)6-11-7-18-8-16-11/h3-5,7-9H,6,15H2,1-2H3. The summed E-state index contributed by atoms with van der Waals surface area (Å²) in [6.07, 6.45) is 0. The van der Waals surface area contributed by atoms with Gasteiger partial charge in [0, 0.05) is 18.5 Å². The topological polar surface area (TPSA) is 42.1 Å². The van der Waals surface area contributed by atoms with Crippen LogP contribution < -0.4 is 10.6 Å². The number of rotatable bonds is 4. The van der Waals surface area contributed by atoms with Crippen molar-refractivity contribution in [3.8, 4) is 0 Å². The lowest BCUT2D eigenvalue weighted by Crippen LogP contribution is -2.18. The Labute approximate surface area is 110 Å². The van der Waals surface area contributed by atoms with Crippen LogP contribution in [-0.4, -0.2) is 12.0 Å². The molecule has 0 amide bonds. The summed E-state index contributed by atoms with van der Waals surface area (Å²) in [5.74, 6) is -0.248. The lowest BCUT2D eigenvalue weighted by atomic mass is 10.1. The Hall–Kier alpha value is -1.46. The number of thiazole rings is 1. The molecule has 2 aromatic rings. The number of halogens is 1. The van der Waals surface area contributed by atoms with E-state index in [1.54, 1.807) is 11.6 Å². The van der Waals surface area contributed by atoms with Crippen LogP contribution in [0.1, 0.15) is 24.2 Å². The summed E-state index contributed by atoms with van der Waals surface area (Å²) in [5, 5.41) is 1.96. The van der Waals surface area contributed by atoms with Gasteiger partial charge in [-0.2, -0.15) is 0 Å². The zero-order valence-corrected chi connectivity index (χ0v) is 11.2. The molecule has 5 heteroatoms. The smallest absolute Gasteiger partial charge is 0.146 e. The van der Waals surface area contributed by atoms with E-state index in [1.807, 2.05) is 30.3 Å². The van der Waals surface area contributed by atoms with Crippen molar-refractivity contribution in [3.63, 3.8) is 0 Å². The first-order valence-electron chi connectivity index (χ1n) is 5.71. The molecule has 0 aliphatic carbocycles. The van der Waals surface area contributed by atoms with Crippen LogP contribution in [0.3, 0.4) is 0 Å². The SMILES string of the molecule is CC(N)c1ccc(N(C)Cc2cscn2)c(F)c1. The van der Waals surface area contributed by atoms with Crippen molar-refractivity contribution >= 4 is 17.0 Å². The highest BCUT2D eigenvalue weighted by Crippen LogP contribution is 2.23. The fourth-order valence-corrected chi connectivity index (χ4v) is 2.31. The molecule has 3 nitrogen and oxygen atoms in total. The van der Waals surface area contributed by atoms with Crippen molar-refractivity contribution in [2.75, 3.05) is 11.9 Å². The Bertz CT molecular complexity index is 511. The monoisotopic (exact) mass is 265 g/mol. The molecule has 0 aliphatic heterocycles. The molecule has 2 rings (SSSR count). The first kappa shape index (κ1) is 13.0. The molecular formula is C13H16FN3S. The van der Waals surface area contributed by atoms with Gasteiger partial charge in [-0.15, -0.1) is 11.3 Å². The van der Waals surface area contributed by atoms with Gasteiger partial charge in [-0.25, -0.2) is 9.37 Å². The number of hydrogen-bond donors (Lipinski definition) is 1. The normalized spacial score (nSPS) is 12.4. The maximum Gasteiger partial charge on any atom is 0.146 e. The summed E-state index contributed by atoms with van der Waals surface area (Å²) in [5.41, 5.74) is 9.82. The minimum atomic E-state index is -0.248. The summed E-state index contributed by atoms with van der Waals surface area (Å²) in [4.78, 5) is 6.03. The molecule has 0 bridgehead atoms. The molecule has 1 aromatic carbocycles. The molecule has 0 fully saturated rings. The van der Waals surface area contributed by atoms with E-state index in [0.29, 0.717) is 12.2 Å². The summed E-state index contributed by atoms with van der Waals surface area (Å²) < 4.78 is 14.0. The minimum Gasteiger partial charge on any atom is -0.366 e. The van der Waals surface area contributed by atoms with Crippen molar-refractivity contribution in [1.29, 1.82) is 0 Å². The van der Waals surface area contributed by atoms with E-state index >= 15 is 0 Å². The number of nitrogens with zero attached hydrogens (tertiary/aromatic N) is 2. The van der Waals surface area contributed by atoms with Crippen molar-refractivity contribution in [2.45, 2.75) is 19.5 Å². The van der Waals surface area contributed by atoms with Crippen molar-refractivity contribution in [2.24, 2.45) is 5.73 Å². The molecule has 2 N–H and O–H groups in total. The number of benzene rings is 1. The van der Waals surface area contributed by atoms with Gasteiger partial charge in [0.25, 0.3) is 0 Å². The molecule has 1 atom stereocenters. The summed E-state index contributed by atoms with van der Waals surface area (Å²) in [7, 11) is 1.85. The number of nitrogens with two attached hydrogens (primary N) is 1. The van der Waals surface area contributed by atoms with Gasteiger partial charge in [0.1, 0.15) is 5.82 Å². The highest BCUT2D eigenvalue weighted by Gasteiger charge is 2.11. The van der Waals surface area contributed by atoms with Crippen molar-refractivity contribution in [1.82, 2.24) is 4.98 Å². The Morgan fingerprint density at radius 3 is 2.83 bits per heavy atom. The van der Waals surface area contributed by atoms with Gasteiger partial charge in [-0.1, -0.05) is 6.07 Å². The van der Waals surface area contributed by atoms with E-state index in [2.05, 4.69) is 4.98 Å². The fourth-order valence-electron chi connectivity index (χ4n) is 1.76. The van der Waals surface area contributed by atoms with Crippen LogP contribution in [0.2, 0.25) is 0 Å². The third kappa shape index (κ3) is 2.86. The van der Waals surface area contributed by atoms with Gasteiger partial charge in [0.05, 0.1) is 23.4 Å². The van der Waals surface area contributed by atoms with E-state index < -0.39 is 0 Å². The molecule has 18 heavy (non-hydrogen) atoms. The third-order valence-electron chi connectivity index (χ3n) is 2.79. The zero-order valence-electron chi connectivity index (χ0n) is 10.4. The van der Waals surface area contributed by atoms with Crippen LogP contribution in [0.5, 0.6) is 0 Å². The number of anilines is 1. The summed E-state index contributed by atoms with van der Waals surface area (Å²) in [6, 6.07) is 4.97. The van der Waals surface area contributed by atoms with E-state index in [0.717, 1.165) is 11.3 Å². The second-order valence-corrected chi connectivity index (χ2v) is 5.05. The first-order valence-corrected chi connectivity index (χ1v) is 6.65. The highest BCUT2D eigenvalue weighted by atomic mass is 32.1. The molecule has 0 radical (unpaired) electrons. The Morgan fingerprint density at radius 1 is 1.50 bits per heavy atom. The van der Waals surface area contributed by atoms with Crippen LogP contribution >= 0.6 is 11.3 Å². The molecule has 0 spiro atoms. The molecule has 0 aliphatic rings. The Morgan fingerprint density at radius 2 is 2.28 bits per heavy atom. The van der Waals surface area contributed by atoms with Crippen LogP contribution in [0, 0.1) is 5.82 Å². The predicted octanol–water partition coefficient (Wildman–Crippen LogP) is 2.94. The van der Waals surface area contributed by atoms with Crippen molar-refractivity contribution < 1.29 is 4.39 Å². The molecule has 0 saturated carbocycles. The van der Waals surface area contributed by atoms with Gasteiger partial charge in [-0.3, -0.25) is 0 Å². The van der Waals surface area contributed by atoms with Gasteiger partial charge < -0.3 is 10.6 Å². The Kier molecular flexibility index (Phi) is 3.93. The molecule has 1 heterocycles. The quantitative estimate of drug-likeness (QED) is 0.924.